The molecule has 5 N–H and O–H groups in total. The van der Waals surface area contributed by atoms with Gasteiger partial charge in [-0.3, -0.25) is 10.1 Å². The number of carbonyl (C=O) groups excluding carboxylic acids is 3. The molecule has 8 nitrogen and oxygen atoms in total. The highest BCUT2D eigenvalue weighted by atomic mass is 16.2. The molecule has 1 rings (SSSR count). The normalized spacial score (nSPS) is 25.1. The van der Waals surface area contributed by atoms with E-state index in [4.69, 9.17) is 5.73 Å². The number of amides is 5. The zero-order valence-corrected chi connectivity index (χ0v) is 8.03. The van der Waals surface area contributed by atoms with E-state index in [2.05, 4.69) is 15.7 Å². The number of hydrazone groups is 1. The van der Waals surface area contributed by atoms with Crippen LogP contribution in [0.2, 0.25) is 0 Å². The van der Waals surface area contributed by atoms with Crippen molar-refractivity contribution in [1.82, 2.24) is 16.1 Å². The molecule has 0 saturated carbocycles. The highest BCUT2D eigenvalue weighted by Crippen LogP contribution is 2.12. The van der Waals surface area contributed by atoms with Gasteiger partial charge in [0.1, 0.15) is 0 Å². The maximum absolute atomic E-state index is 11.4. The smallest absolute Gasteiger partial charge is 0.332 e. The van der Waals surface area contributed by atoms with Crippen molar-refractivity contribution in [3.05, 3.63) is 0 Å². The van der Waals surface area contributed by atoms with Crippen LogP contribution < -0.4 is 21.8 Å². The molecule has 0 unspecified atom stereocenters. The highest BCUT2D eigenvalue weighted by Gasteiger charge is 2.43. The van der Waals surface area contributed by atoms with Gasteiger partial charge in [0.25, 0.3) is 5.91 Å². The molecular weight excluding hydrogens is 202 g/mol. The van der Waals surface area contributed by atoms with Crippen LogP contribution >= 0.6 is 0 Å². The van der Waals surface area contributed by atoms with Crippen LogP contribution in [-0.4, -0.2) is 29.7 Å². The summed E-state index contributed by atoms with van der Waals surface area (Å²) >= 11 is 0. The summed E-state index contributed by atoms with van der Waals surface area (Å²) < 4.78 is 0. The Morgan fingerprint density at radius 3 is 2.73 bits per heavy atom. The SMILES string of the molecule is CC[C@@]1(/C=N/NC(N)=O)NC(=O)NC1=O. The molecule has 8 heteroatoms. The topological polar surface area (TPSA) is 126 Å². The van der Waals surface area contributed by atoms with Crippen LogP contribution in [0.3, 0.4) is 0 Å². The third-order valence-corrected chi connectivity index (χ3v) is 1.99. The zero-order valence-electron chi connectivity index (χ0n) is 8.03. The minimum absolute atomic E-state index is 0.314. The van der Waals surface area contributed by atoms with Gasteiger partial charge in [0, 0.05) is 0 Å². The van der Waals surface area contributed by atoms with Gasteiger partial charge < -0.3 is 11.1 Å². The zero-order chi connectivity index (χ0) is 11.5. The molecular formula is C7H11N5O3. The average Bonchev–Trinajstić information content (AvgIpc) is 2.41. The molecule has 82 valence electrons. The Morgan fingerprint density at radius 1 is 1.67 bits per heavy atom. The Balaban J connectivity index is 2.77. The lowest BCUT2D eigenvalue weighted by Crippen LogP contribution is -2.48. The van der Waals surface area contributed by atoms with Gasteiger partial charge in [0.15, 0.2) is 5.54 Å². The van der Waals surface area contributed by atoms with E-state index in [1.54, 1.807) is 6.92 Å². The molecule has 1 aliphatic heterocycles. The largest absolute Gasteiger partial charge is 0.350 e. The standard InChI is InChI=1S/C7H11N5O3/c1-2-7(3-9-12-5(8)14)4(13)10-6(15)11-7/h3H,2H2,1H3,(H3,8,12,14)(H2,10,11,13,15)/b9-3+/t7-/m0/s1. The van der Waals surface area contributed by atoms with Crippen molar-refractivity contribution in [3.63, 3.8) is 0 Å². The van der Waals surface area contributed by atoms with E-state index in [1.807, 2.05) is 5.43 Å². The maximum Gasteiger partial charge on any atom is 0.332 e. The van der Waals surface area contributed by atoms with Crippen LogP contribution in [-0.2, 0) is 4.79 Å². The summed E-state index contributed by atoms with van der Waals surface area (Å²) in [6.07, 6.45) is 1.45. The molecule has 1 heterocycles. The first-order valence-electron chi connectivity index (χ1n) is 4.23. The molecule has 0 aromatic heterocycles. The first kappa shape index (κ1) is 11.0. The van der Waals surface area contributed by atoms with Crippen molar-refractivity contribution in [1.29, 1.82) is 0 Å². The summed E-state index contributed by atoms with van der Waals surface area (Å²) in [6, 6.07) is -1.44. The predicted octanol–water partition coefficient (Wildman–Crippen LogP) is -1.37. The second-order valence-corrected chi connectivity index (χ2v) is 2.97. The molecule has 0 aromatic rings. The number of carbonyl (C=O) groups is 3. The van der Waals surface area contributed by atoms with E-state index in [0.717, 1.165) is 6.21 Å². The number of hydrogen-bond acceptors (Lipinski definition) is 4. The Hall–Kier alpha value is -2.12. The molecule has 1 fully saturated rings. The van der Waals surface area contributed by atoms with Crippen LogP contribution in [0.25, 0.3) is 0 Å². The minimum atomic E-state index is -1.21. The van der Waals surface area contributed by atoms with Gasteiger partial charge in [-0.15, -0.1) is 0 Å². The summed E-state index contributed by atoms with van der Waals surface area (Å²) in [5.74, 6) is -0.509. The van der Waals surface area contributed by atoms with Gasteiger partial charge in [-0.05, 0) is 6.42 Å². The van der Waals surface area contributed by atoms with Crippen LogP contribution in [0.5, 0.6) is 0 Å². The Labute approximate surface area is 85.3 Å². The number of nitrogens with one attached hydrogen (secondary N) is 3. The van der Waals surface area contributed by atoms with Crippen LogP contribution in [0, 0.1) is 0 Å². The third kappa shape index (κ3) is 2.22. The van der Waals surface area contributed by atoms with Gasteiger partial charge in [0.05, 0.1) is 6.21 Å². The first-order chi connectivity index (χ1) is 7.00. The molecule has 0 aliphatic carbocycles. The van der Waals surface area contributed by atoms with Crippen molar-refractivity contribution in [2.45, 2.75) is 18.9 Å². The fourth-order valence-corrected chi connectivity index (χ4v) is 1.14. The van der Waals surface area contributed by atoms with Gasteiger partial charge in [0.2, 0.25) is 0 Å². The second-order valence-electron chi connectivity index (χ2n) is 2.97. The number of imide groups is 1. The fraction of sp³-hybridized carbons (Fsp3) is 0.429. The monoisotopic (exact) mass is 213 g/mol. The third-order valence-electron chi connectivity index (χ3n) is 1.99. The molecule has 0 radical (unpaired) electrons. The lowest BCUT2D eigenvalue weighted by Gasteiger charge is -2.17. The number of nitrogens with two attached hydrogens (primary N) is 1. The average molecular weight is 213 g/mol. The number of rotatable bonds is 3. The van der Waals surface area contributed by atoms with Crippen LogP contribution in [0.15, 0.2) is 5.10 Å². The highest BCUT2D eigenvalue weighted by molar-refractivity contribution is 6.16. The first-order valence-corrected chi connectivity index (χ1v) is 4.23. The van der Waals surface area contributed by atoms with Gasteiger partial charge >= 0.3 is 12.1 Å². The molecule has 1 saturated heterocycles. The molecule has 0 aromatic carbocycles. The van der Waals surface area contributed by atoms with Crippen molar-refractivity contribution in [2.24, 2.45) is 10.8 Å². The molecule has 0 spiro atoms. The summed E-state index contributed by atoms with van der Waals surface area (Å²) in [5.41, 5.74) is 5.51. The van der Waals surface area contributed by atoms with E-state index in [9.17, 15) is 14.4 Å². The van der Waals surface area contributed by atoms with Crippen LogP contribution in [0.4, 0.5) is 9.59 Å². The van der Waals surface area contributed by atoms with Gasteiger partial charge in [-0.2, -0.15) is 5.10 Å². The van der Waals surface area contributed by atoms with Crippen molar-refractivity contribution < 1.29 is 14.4 Å². The fourth-order valence-electron chi connectivity index (χ4n) is 1.14. The Bertz CT molecular complexity index is 340. The maximum atomic E-state index is 11.4. The second kappa shape index (κ2) is 3.95. The Kier molecular flexibility index (Phi) is 2.88. The number of urea groups is 2. The van der Waals surface area contributed by atoms with Crippen molar-refractivity contribution in [3.8, 4) is 0 Å². The lowest BCUT2D eigenvalue weighted by atomic mass is 9.99. The van der Waals surface area contributed by atoms with Gasteiger partial charge in [-0.25, -0.2) is 15.0 Å². The van der Waals surface area contributed by atoms with E-state index in [1.165, 1.54) is 0 Å². The lowest BCUT2D eigenvalue weighted by molar-refractivity contribution is -0.121. The van der Waals surface area contributed by atoms with Crippen LogP contribution in [0.1, 0.15) is 13.3 Å². The molecule has 1 atom stereocenters. The Morgan fingerprint density at radius 2 is 2.33 bits per heavy atom. The number of hydrogen-bond donors (Lipinski definition) is 4. The van der Waals surface area contributed by atoms with E-state index in [-0.39, 0.29) is 0 Å². The molecule has 5 amide bonds. The molecule has 15 heavy (non-hydrogen) atoms. The van der Waals surface area contributed by atoms with Gasteiger partial charge in [-0.1, -0.05) is 6.92 Å². The number of nitrogens with zero attached hydrogens (tertiary/aromatic N) is 1. The molecule has 0 bridgehead atoms. The predicted molar refractivity (Wildman–Crippen MR) is 50.9 cm³/mol. The summed E-state index contributed by atoms with van der Waals surface area (Å²) in [4.78, 5) is 32.6. The van der Waals surface area contributed by atoms with E-state index in [0.29, 0.717) is 6.42 Å². The minimum Gasteiger partial charge on any atom is -0.350 e. The summed E-state index contributed by atoms with van der Waals surface area (Å²) in [5, 5.41) is 7.93. The summed E-state index contributed by atoms with van der Waals surface area (Å²) in [6.45, 7) is 1.70. The van der Waals surface area contributed by atoms with Crippen molar-refractivity contribution >= 4 is 24.2 Å². The molecule has 1 aliphatic rings. The number of primary amides is 1. The van der Waals surface area contributed by atoms with Crippen molar-refractivity contribution in [2.75, 3.05) is 0 Å². The van der Waals surface area contributed by atoms with E-state index >= 15 is 0 Å². The quantitative estimate of drug-likeness (QED) is 0.262. The van der Waals surface area contributed by atoms with E-state index < -0.39 is 23.5 Å². The summed E-state index contributed by atoms with van der Waals surface area (Å²) in [7, 11) is 0.